The highest BCUT2D eigenvalue weighted by atomic mass is 35.5. The van der Waals surface area contributed by atoms with Crippen LogP contribution in [0, 0.1) is 5.82 Å². The molecular formula is C12H8ClFN4O3. The minimum absolute atomic E-state index is 0.0311. The first-order chi connectivity index (χ1) is 9.95. The molecular weight excluding hydrogens is 303 g/mol. The number of aromatic nitrogens is 2. The molecule has 0 atom stereocenters. The molecule has 2 amide bonds. The summed E-state index contributed by atoms with van der Waals surface area (Å²) >= 11 is 5.58. The van der Waals surface area contributed by atoms with Gasteiger partial charge in [-0.25, -0.2) is 19.2 Å². The molecule has 1 heterocycles. The fraction of sp³-hybridized carbons (Fsp3) is 0. The zero-order chi connectivity index (χ0) is 15.4. The van der Waals surface area contributed by atoms with Gasteiger partial charge in [0.1, 0.15) is 5.82 Å². The molecule has 0 bridgehead atoms. The number of anilines is 2. The van der Waals surface area contributed by atoms with Crippen LogP contribution in [-0.4, -0.2) is 27.1 Å². The second kappa shape index (κ2) is 6.14. The SMILES string of the molecule is O=C(O)Nc1cnc(NC(=O)c2ccc(F)c(Cl)c2)nc1. The minimum Gasteiger partial charge on any atom is -0.465 e. The van der Waals surface area contributed by atoms with Gasteiger partial charge >= 0.3 is 6.09 Å². The Balaban J connectivity index is 2.08. The third-order valence-electron chi connectivity index (χ3n) is 2.31. The summed E-state index contributed by atoms with van der Waals surface area (Å²) < 4.78 is 13.0. The lowest BCUT2D eigenvalue weighted by Crippen LogP contribution is -2.15. The molecule has 0 aliphatic carbocycles. The Morgan fingerprint density at radius 2 is 1.86 bits per heavy atom. The fourth-order valence-corrected chi connectivity index (χ4v) is 1.57. The Morgan fingerprint density at radius 1 is 1.19 bits per heavy atom. The topological polar surface area (TPSA) is 104 Å². The van der Waals surface area contributed by atoms with Crippen LogP contribution in [0.5, 0.6) is 0 Å². The van der Waals surface area contributed by atoms with Gasteiger partial charge in [-0.15, -0.1) is 0 Å². The second-order valence-corrected chi connectivity index (χ2v) is 4.22. The Morgan fingerprint density at radius 3 is 2.43 bits per heavy atom. The molecule has 0 radical (unpaired) electrons. The van der Waals surface area contributed by atoms with Gasteiger partial charge in [-0.1, -0.05) is 11.6 Å². The molecule has 0 saturated heterocycles. The molecule has 3 N–H and O–H groups in total. The van der Waals surface area contributed by atoms with E-state index in [1.54, 1.807) is 0 Å². The largest absolute Gasteiger partial charge is 0.465 e. The number of nitrogens with one attached hydrogen (secondary N) is 2. The number of rotatable bonds is 3. The molecule has 1 aromatic heterocycles. The zero-order valence-corrected chi connectivity index (χ0v) is 11.1. The Kier molecular flexibility index (Phi) is 4.29. The molecule has 2 aromatic rings. The van der Waals surface area contributed by atoms with Crippen molar-refractivity contribution < 1.29 is 19.1 Å². The van der Waals surface area contributed by atoms with E-state index < -0.39 is 17.8 Å². The number of nitrogens with zero attached hydrogens (tertiary/aromatic N) is 2. The van der Waals surface area contributed by atoms with Gasteiger partial charge in [0.25, 0.3) is 5.91 Å². The molecule has 108 valence electrons. The first kappa shape index (κ1) is 14.7. The Hall–Kier alpha value is -2.74. The van der Waals surface area contributed by atoms with Gasteiger partial charge in [0.2, 0.25) is 5.95 Å². The van der Waals surface area contributed by atoms with Crippen molar-refractivity contribution in [2.45, 2.75) is 0 Å². The van der Waals surface area contributed by atoms with E-state index in [-0.39, 0.29) is 22.2 Å². The molecule has 9 heteroatoms. The van der Waals surface area contributed by atoms with Gasteiger partial charge in [0.15, 0.2) is 0 Å². The number of carbonyl (C=O) groups excluding carboxylic acids is 1. The van der Waals surface area contributed by atoms with Crippen LogP contribution >= 0.6 is 11.6 Å². The molecule has 7 nitrogen and oxygen atoms in total. The standard InChI is InChI=1S/C12H8ClFN4O3/c13-8-3-6(1-2-9(8)14)10(19)18-11-15-4-7(5-16-11)17-12(20)21/h1-5,17H,(H,20,21)(H,15,16,18,19). The predicted molar refractivity (Wildman–Crippen MR) is 73.0 cm³/mol. The molecule has 2 rings (SSSR count). The number of hydrogen-bond donors (Lipinski definition) is 3. The maximum Gasteiger partial charge on any atom is 0.409 e. The lowest BCUT2D eigenvalue weighted by Gasteiger charge is -2.05. The molecule has 0 fully saturated rings. The maximum absolute atomic E-state index is 13.0. The van der Waals surface area contributed by atoms with Crippen molar-refractivity contribution in [3.05, 3.63) is 47.0 Å². The summed E-state index contributed by atoms with van der Waals surface area (Å²) in [5, 5.41) is 12.7. The summed E-state index contributed by atoms with van der Waals surface area (Å²) in [6.07, 6.45) is 1.12. The Labute approximate surface area is 122 Å². The lowest BCUT2D eigenvalue weighted by molar-refractivity contribution is 0.102. The molecule has 0 saturated carbocycles. The lowest BCUT2D eigenvalue weighted by atomic mass is 10.2. The highest BCUT2D eigenvalue weighted by molar-refractivity contribution is 6.31. The minimum atomic E-state index is -1.25. The molecule has 1 aromatic carbocycles. The van der Waals surface area contributed by atoms with Crippen LogP contribution in [0.15, 0.2) is 30.6 Å². The summed E-state index contributed by atoms with van der Waals surface area (Å²) in [6, 6.07) is 3.50. The normalized spacial score (nSPS) is 10.0. The van der Waals surface area contributed by atoms with Gasteiger partial charge in [-0.2, -0.15) is 0 Å². The number of hydrogen-bond acceptors (Lipinski definition) is 4. The van der Waals surface area contributed by atoms with Crippen molar-refractivity contribution in [2.75, 3.05) is 10.6 Å². The van der Waals surface area contributed by atoms with Crippen molar-refractivity contribution in [3.63, 3.8) is 0 Å². The summed E-state index contributed by atoms with van der Waals surface area (Å²) in [5.41, 5.74) is 0.295. The van der Waals surface area contributed by atoms with E-state index >= 15 is 0 Å². The predicted octanol–water partition coefficient (Wildman–Crippen LogP) is 2.61. The van der Waals surface area contributed by atoms with Crippen LogP contribution in [0.25, 0.3) is 0 Å². The molecule has 21 heavy (non-hydrogen) atoms. The highest BCUT2D eigenvalue weighted by Crippen LogP contribution is 2.16. The summed E-state index contributed by atoms with van der Waals surface area (Å²) in [6.45, 7) is 0. The molecule has 0 unspecified atom stereocenters. The van der Waals surface area contributed by atoms with E-state index in [0.29, 0.717) is 0 Å². The number of amides is 2. The molecule has 0 spiro atoms. The van der Waals surface area contributed by atoms with E-state index in [1.807, 2.05) is 0 Å². The van der Waals surface area contributed by atoms with E-state index in [1.165, 1.54) is 24.5 Å². The van der Waals surface area contributed by atoms with E-state index in [4.69, 9.17) is 16.7 Å². The van der Waals surface area contributed by atoms with Crippen molar-refractivity contribution in [3.8, 4) is 0 Å². The summed E-state index contributed by atoms with van der Waals surface area (Å²) in [4.78, 5) is 29.8. The van der Waals surface area contributed by atoms with E-state index in [0.717, 1.165) is 6.07 Å². The number of benzene rings is 1. The van der Waals surface area contributed by atoms with Gasteiger partial charge in [0.05, 0.1) is 23.1 Å². The average Bonchev–Trinajstić information content (AvgIpc) is 2.43. The number of halogens is 2. The van der Waals surface area contributed by atoms with Crippen molar-refractivity contribution >= 4 is 35.2 Å². The zero-order valence-electron chi connectivity index (χ0n) is 10.3. The van der Waals surface area contributed by atoms with Gasteiger partial charge in [-0.05, 0) is 18.2 Å². The van der Waals surface area contributed by atoms with Crippen LogP contribution in [0.1, 0.15) is 10.4 Å². The van der Waals surface area contributed by atoms with Crippen LogP contribution in [0.3, 0.4) is 0 Å². The van der Waals surface area contributed by atoms with Gasteiger partial charge in [0, 0.05) is 5.56 Å². The number of carbonyl (C=O) groups is 2. The third-order valence-corrected chi connectivity index (χ3v) is 2.60. The van der Waals surface area contributed by atoms with Crippen LogP contribution in [-0.2, 0) is 0 Å². The van der Waals surface area contributed by atoms with Crippen molar-refractivity contribution in [2.24, 2.45) is 0 Å². The summed E-state index contributed by atoms with van der Waals surface area (Å²) in [7, 11) is 0. The second-order valence-electron chi connectivity index (χ2n) is 3.81. The van der Waals surface area contributed by atoms with Crippen molar-refractivity contribution in [1.82, 2.24) is 9.97 Å². The highest BCUT2D eigenvalue weighted by Gasteiger charge is 2.10. The molecule has 0 aliphatic rings. The monoisotopic (exact) mass is 310 g/mol. The molecule has 0 aliphatic heterocycles. The van der Waals surface area contributed by atoms with E-state index in [2.05, 4.69) is 20.6 Å². The van der Waals surface area contributed by atoms with Crippen LogP contribution < -0.4 is 10.6 Å². The fourth-order valence-electron chi connectivity index (χ4n) is 1.39. The quantitative estimate of drug-likeness (QED) is 0.808. The van der Waals surface area contributed by atoms with Crippen LogP contribution in [0.2, 0.25) is 5.02 Å². The first-order valence-electron chi connectivity index (χ1n) is 5.54. The maximum atomic E-state index is 13.0. The van der Waals surface area contributed by atoms with Gasteiger partial charge < -0.3 is 5.11 Å². The first-order valence-corrected chi connectivity index (χ1v) is 5.92. The van der Waals surface area contributed by atoms with Gasteiger partial charge in [-0.3, -0.25) is 15.4 Å². The summed E-state index contributed by atoms with van der Waals surface area (Å²) in [5.74, 6) is -1.24. The smallest absolute Gasteiger partial charge is 0.409 e. The van der Waals surface area contributed by atoms with E-state index in [9.17, 15) is 14.0 Å². The third kappa shape index (κ3) is 3.86. The van der Waals surface area contributed by atoms with Crippen LogP contribution in [0.4, 0.5) is 20.8 Å². The number of carboxylic acid groups (broad SMARTS) is 1. The average molecular weight is 311 g/mol. The van der Waals surface area contributed by atoms with Crippen molar-refractivity contribution in [1.29, 1.82) is 0 Å². The Bertz CT molecular complexity index is 693.